The molecule has 3 rings (SSSR count). The fourth-order valence-corrected chi connectivity index (χ4v) is 2.96. The Balaban J connectivity index is 1.55. The van der Waals surface area contributed by atoms with Gasteiger partial charge in [-0.3, -0.25) is 9.59 Å². The van der Waals surface area contributed by atoms with Gasteiger partial charge in [-0.25, -0.2) is 4.79 Å². The molecule has 0 radical (unpaired) electrons. The van der Waals surface area contributed by atoms with E-state index in [2.05, 4.69) is 10.6 Å². The first-order chi connectivity index (χ1) is 13.5. The van der Waals surface area contributed by atoms with Crippen LogP contribution < -0.4 is 10.6 Å². The summed E-state index contributed by atoms with van der Waals surface area (Å²) < 4.78 is 5.13. The third-order valence-corrected chi connectivity index (χ3v) is 4.68. The maximum absolute atomic E-state index is 12.4. The lowest BCUT2D eigenvalue weighted by atomic mass is 10.1. The first-order valence-electron chi connectivity index (χ1n) is 9.42. The highest BCUT2D eigenvalue weighted by Gasteiger charge is 2.29. The molecule has 2 aromatic rings. The van der Waals surface area contributed by atoms with E-state index in [1.165, 1.54) is 0 Å². The molecule has 0 unspecified atom stereocenters. The van der Waals surface area contributed by atoms with Crippen molar-refractivity contribution in [3.8, 4) is 0 Å². The Kier molecular flexibility index (Phi) is 6.42. The third kappa shape index (κ3) is 5.67. The van der Waals surface area contributed by atoms with Crippen molar-refractivity contribution in [2.45, 2.75) is 32.2 Å². The number of hydrogen-bond acceptors (Lipinski definition) is 4. The molecule has 6 nitrogen and oxygen atoms in total. The van der Waals surface area contributed by atoms with E-state index in [0.717, 1.165) is 18.4 Å². The van der Waals surface area contributed by atoms with Gasteiger partial charge in [-0.1, -0.05) is 42.5 Å². The molecule has 146 valence electrons. The standard InChI is InChI=1S/C22H24N2O4/c1-15(17-11-12-17)23-21(26)14-28-22(27)18-9-5-6-10-19(18)24-20(25)13-16-7-3-2-4-8-16/h2-10,15,17H,11-14H2,1H3,(H,23,26)(H,24,25)/t15-/m1/s1. The average Bonchev–Trinajstić information content (AvgIpc) is 3.52. The summed E-state index contributed by atoms with van der Waals surface area (Å²) in [5.41, 5.74) is 1.45. The van der Waals surface area contributed by atoms with Gasteiger partial charge in [-0.05, 0) is 43.4 Å². The van der Waals surface area contributed by atoms with Crippen molar-refractivity contribution in [3.05, 3.63) is 65.7 Å². The van der Waals surface area contributed by atoms with Crippen molar-refractivity contribution < 1.29 is 19.1 Å². The first kappa shape index (κ1) is 19.6. The van der Waals surface area contributed by atoms with Crippen LogP contribution in [0.3, 0.4) is 0 Å². The summed E-state index contributed by atoms with van der Waals surface area (Å²) in [5.74, 6) is -0.675. The van der Waals surface area contributed by atoms with E-state index in [1.54, 1.807) is 24.3 Å². The normalized spacial score (nSPS) is 14.0. The van der Waals surface area contributed by atoms with Gasteiger partial charge in [0.05, 0.1) is 17.7 Å². The first-order valence-corrected chi connectivity index (χ1v) is 9.42. The lowest BCUT2D eigenvalue weighted by Gasteiger charge is -2.14. The highest BCUT2D eigenvalue weighted by molar-refractivity contribution is 6.02. The van der Waals surface area contributed by atoms with E-state index in [9.17, 15) is 14.4 Å². The van der Waals surface area contributed by atoms with Crippen molar-refractivity contribution in [2.75, 3.05) is 11.9 Å². The summed E-state index contributed by atoms with van der Waals surface area (Å²) in [7, 11) is 0. The number of esters is 1. The number of carbonyl (C=O) groups excluding carboxylic acids is 3. The minimum Gasteiger partial charge on any atom is -0.452 e. The van der Waals surface area contributed by atoms with Crippen LogP contribution in [-0.2, 0) is 20.7 Å². The van der Waals surface area contributed by atoms with Gasteiger partial charge in [0.1, 0.15) is 0 Å². The van der Waals surface area contributed by atoms with Crippen LogP contribution in [0, 0.1) is 5.92 Å². The molecule has 0 saturated heterocycles. The Bertz CT molecular complexity index is 847. The Morgan fingerprint density at radius 3 is 2.39 bits per heavy atom. The topological polar surface area (TPSA) is 84.5 Å². The minimum absolute atomic E-state index is 0.0933. The summed E-state index contributed by atoms with van der Waals surface area (Å²) in [6, 6.07) is 16.0. The molecule has 1 fully saturated rings. The summed E-state index contributed by atoms with van der Waals surface area (Å²) in [5, 5.41) is 5.58. The van der Waals surface area contributed by atoms with Crippen LogP contribution in [0.1, 0.15) is 35.7 Å². The van der Waals surface area contributed by atoms with E-state index in [1.807, 2.05) is 37.3 Å². The number of hydrogen-bond donors (Lipinski definition) is 2. The van der Waals surface area contributed by atoms with E-state index in [-0.39, 0.29) is 36.4 Å². The molecule has 1 atom stereocenters. The number of para-hydroxylation sites is 1. The number of nitrogens with one attached hydrogen (secondary N) is 2. The minimum atomic E-state index is -0.648. The van der Waals surface area contributed by atoms with E-state index < -0.39 is 5.97 Å². The largest absolute Gasteiger partial charge is 0.452 e. The van der Waals surface area contributed by atoms with Gasteiger partial charge in [0.25, 0.3) is 5.91 Å². The monoisotopic (exact) mass is 380 g/mol. The zero-order chi connectivity index (χ0) is 19.9. The van der Waals surface area contributed by atoms with Gasteiger partial charge in [-0.15, -0.1) is 0 Å². The SMILES string of the molecule is C[C@@H](NC(=O)COC(=O)c1ccccc1NC(=O)Cc1ccccc1)C1CC1. The predicted octanol–water partition coefficient (Wildman–Crippen LogP) is 2.94. The maximum Gasteiger partial charge on any atom is 0.340 e. The molecule has 0 spiro atoms. The molecule has 0 aliphatic heterocycles. The number of anilines is 1. The van der Waals surface area contributed by atoms with Crippen molar-refractivity contribution in [1.82, 2.24) is 5.32 Å². The predicted molar refractivity (Wildman–Crippen MR) is 106 cm³/mol. The molecule has 6 heteroatoms. The van der Waals surface area contributed by atoms with E-state index in [4.69, 9.17) is 4.74 Å². The number of ether oxygens (including phenoxy) is 1. The van der Waals surface area contributed by atoms with Crippen LogP contribution in [-0.4, -0.2) is 30.4 Å². The van der Waals surface area contributed by atoms with Gasteiger partial charge < -0.3 is 15.4 Å². The van der Waals surface area contributed by atoms with E-state index >= 15 is 0 Å². The smallest absolute Gasteiger partial charge is 0.340 e. The fourth-order valence-electron chi connectivity index (χ4n) is 2.96. The summed E-state index contributed by atoms with van der Waals surface area (Å²) in [6.45, 7) is 1.61. The molecule has 2 N–H and O–H groups in total. The van der Waals surface area contributed by atoms with Crippen LogP contribution in [0.25, 0.3) is 0 Å². The Labute approximate surface area is 164 Å². The second-order valence-corrected chi connectivity index (χ2v) is 7.03. The fraction of sp³-hybridized carbons (Fsp3) is 0.318. The Morgan fingerprint density at radius 2 is 1.68 bits per heavy atom. The molecule has 1 aliphatic rings. The van der Waals surface area contributed by atoms with E-state index in [0.29, 0.717) is 11.6 Å². The van der Waals surface area contributed by atoms with Crippen molar-refractivity contribution >= 4 is 23.5 Å². The summed E-state index contributed by atoms with van der Waals surface area (Å²) >= 11 is 0. The molecule has 0 bridgehead atoms. The van der Waals surface area contributed by atoms with Crippen LogP contribution in [0.5, 0.6) is 0 Å². The molecular weight excluding hydrogens is 356 g/mol. The lowest BCUT2D eigenvalue weighted by molar-refractivity contribution is -0.125. The number of carbonyl (C=O) groups is 3. The molecule has 28 heavy (non-hydrogen) atoms. The van der Waals surface area contributed by atoms with Crippen molar-refractivity contribution in [2.24, 2.45) is 5.92 Å². The molecule has 2 aromatic carbocycles. The lowest BCUT2D eigenvalue weighted by Crippen LogP contribution is -2.37. The van der Waals surface area contributed by atoms with Crippen LogP contribution in [0.15, 0.2) is 54.6 Å². The quantitative estimate of drug-likeness (QED) is 0.690. The number of rotatable bonds is 8. The van der Waals surface area contributed by atoms with Crippen LogP contribution >= 0.6 is 0 Å². The highest BCUT2D eigenvalue weighted by Crippen LogP contribution is 2.32. The zero-order valence-electron chi connectivity index (χ0n) is 15.8. The van der Waals surface area contributed by atoms with Gasteiger partial charge in [0.15, 0.2) is 6.61 Å². The summed E-state index contributed by atoms with van der Waals surface area (Å²) in [6.07, 6.45) is 2.44. The van der Waals surface area contributed by atoms with Gasteiger partial charge in [-0.2, -0.15) is 0 Å². The van der Waals surface area contributed by atoms with Crippen molar-refractivity contribution in [1.29, 1.82) is 0 Å². The zero-order valence-corrected chi connectivity index (χ0v) is 15.8. The highest BCUT2D eigenvalue weighted by atomic mass is 16.5. The molecule has 1 saturated carbocycles. The van der Waals surface area contributed by atoms with Crippen LogP contribution in [0.2, 0.25) is 0 Å². The molecule has 0 heterocycles. The Hall–Kier alpha value is -3.15. The average molecular weight is 380 g/mol. The van der Waals surface area contributed by atoms with Gasteiger partial charge >= 0.3 is 5.97 Å². The Morgan fingerprint density at radius 1 is 1.00 bits per heavy atom. The number of amides is 2. The van der Waals surface area contributed by atoms with Crippen LogP contribution in [0.4, 0.5) is 5.69 Å². The van der Waals surface area contributed by atoms with Crippen molar-refractivity contribution in [3.63, 3.8) is 0 Å². The summed E-state index contributed by atoms with van der Waals surface area (Å²) in [4.78, 5) is 36.6. The molecular formula is C22H24N2O4. The third-order valence-electron chi connectivity index (χ3n) is 4.68. The number of benzene rings is 2. The second kappa shape index (κ2) is 9.17. The molecule has 0 aromatic heterocycles. The van der Waals surface area contributed by atoms with Gasteiger partial charge in [0, 0.05) is 6.04 Å². The maximum atomic E-state index is 12.4. The van der Waals surface area contributed by atoms with Gasteiger partial charge in [0.2, 0.25) is 5.91 Å². The molecule has 2 amide bonds. The second-order valence-electron chi connectivity index (χ2n) is 7.03. The molecule has 1 aliphatic carbocycles.